The molecule has 6 nitrogen and oxygen atoms in total. The van der Waals surface area contributed by atoms with E-state index >= 15 is 0 Å². The number of anilines is 1. The van der Waals surface area contributed by atoms with Crippen molar-refractivity contribution in [3.63, 3.8) is 0 Å². The number of primary amides is 1. The van der Waals surface area contributed by atoms with Gasteiger partial charge < -0.3 is 15.8 Å². The first-order chi connectivity index (χ1) is 10.6. The molecule has 0 spiro atoms. The van der Waals surface area contributed by atoms with Crippen LogP contribution in [0.1, 0.15) is 27.7 Å². The predicted octanol–water partition coefficient (Wildman–Crippen LogP) is 2.46. The second-order valence-corrected chi connectivity index (χ2v) is 4.76. The monoisotopic (exact) mass is 316 g/mol. The molecular weight excluding hydrogens is 304 g/mol. The van der Waals surface area contributed by atoms with Crippen LogP contribution in [0.25, 0.3) is 0 Å². The Bertz CT molecular complexity index is 743. The maximum atomic E-state index is 11.5. The van der Waals surface area contributed by atoms with E-state index < -0.39 is 12.1 Å². The van der Waals surface area contributed by atoms with E-state index in [9.17, 15) is 4.79 Å². The van der Waals surface area contributed by atoms with E-state index in [4.69, 9.17) is 27.3 Å². The van der Waals surface area contributed by atoms with Crippen molar-refractivity contribution in [2.45, 2.75) is 6.23 Å². The Morgan fingerprint density at radius 2 is 2.23 bits per heavy atom. The lowest BCUT2D eigenvalue weighted by molar-refractivity contribution is 0.0983. The Kier molecular flexibility index (Phi) is 4.94. The molecule has 0 aliphatic carbocycles. The molecule has 1 atom stereocenters. The van der Waals surface area contributed by atoms with Gasteiger partial charge in [0.2, 0.25) is 5.91 Å². The molecule has 1 amide bonds. The highest BCUT2D eigenvalue weighted by Gasteiger charge is 2.18. The molecular formula is C15H13ClN4O2. The van der Waals surface area contributed by atoms with Gasteiger partial charge >= 0.3 is 0 Å². The Labute approximate surface area is 132 Å². The van der Waals surface area contributed by atoms with Crippen LogP contribution in [-0.4, -0.2) is 18.0 Å². The number of carbonyl (C=O) groups excluding carboxylic acids is 1. The smallest absolute Gasteiger partial charge is 0.249 e. The fraction of sp³-hybridized carbons (Fsp3) is 0.133. The molecule has 0 radical (unpaired) electrons. The van der Waals surface area contributed by atoms with Gasteiger partial charge in [-0.15, -0.1) is 0 Å². The van der Waals surface area contributed by atoms with Gasteiger partial charge in [0.25, 0.3) is 0 Å². The minimum absolute atomic E-state index is 0.236. The van der Waals surface area contributed by atoms with Crippen molar-refractivity contribution in [3.8, 4) is 6.07 Å². The first kappa shape index (κ1) is 15.8. The minimum Gasteiger partial charge on any atom is -0.366 e. The Hall–Kier alpha value is -2.62. The van der Waals surface area contributed by atoms with Crippen molar-refractivity contribution in [3.05, 3.63) is 58.4 Å². The molecule has 0 saturated carbocycles. The Balaban J connectivity index is 2.41. The highest BCUT2D eigenvalue weighted by Crippen LogP contribution is 2.26. The van der Waals surface area contributed by atoms with Gasteiger partial charge in [-0.05, 0) is 6.07 Å². The molecule has 1 heterocycles. The lowest BCUT2D eigenvalue weighted by Crippen LogP contribution is -2.20. The summed E-state index contributed by atoms with van der Waals surface area (Å²) >= 11 is 5.85. The molecule has 2 aromatic rings. The molecule has 22 heavy (non-hydrogen) atoms. The molecule has 0 saturated heterocycles. The van der Waals surface area contributed by atoms with Gasteiger partial charge in [0, 0.05) is 30.5 Å². The molecule has 7 heteroatoms. The fourth-order valence-corrected chi connectivity index (χ4v) is 2.15. The van der Waals surface area contributed by atoms with E-state index in [2.05, 4.69) is 10.3 Å². The number of nitrogens with one attached hydrogen (secondary N) is 1. The van der Waals surface area contributed by atoms with Crippen molar-refractivity contribution in [1.82, 2.24) is 4.98 Å². The van der Waals surface area contributed by atoms with E-state index in [0.29, 0.717) is 22.4 Å². The summed E-state index contributed by atoms with van der Waals surface area (Å²) in [7, 11) is 1.48. The summed E-state index contributed by atoms with van der Waals surface area (Å²) < 4.78 is 5.38. The van der Waals surface area contributed by atoms with Crippen LogP contribution in [0, 0.1) is 11.3 Å². The number of amides is 1. The first-order valence-corrected chi connectivity index (χ1v) is 6.68. The molecule has 0 bridgehead atoms. The van der Waals surface area contributed by atoms with Crippen molar-refractivity contribution in [2.75, 3.05) is 12.4 Å². The van der Waals surface area contributed by atoms with Crippen LogP contribution in [0.5, 0.6) is 0 Å². The number of methoxy groups -OCH3 is 1. The fourth-order valence-electron chi connectivity index (χ4n) is 1.99. The number of hydrogen-bond donors (Lipinski definition) is 2. The number of halogens is 1. The largest absolute Gasteiger partial charge is 0.366 e. The number of pyridine rings is 1. The summed E-state index contributed by atoms with van der Waals surface area (Å²) in [6, 6.07) is 10.3. The van der Waals surface area contributed by atoms with Crippen molar-refractivity contribution in [1.29, 1.82) is 5.26 Å². The zero-order valence-electron chi connectivity index (χ0n) is 11.7. The third-order valence-electron chi connectivity index (χ3n) is 3.02. The number of nitrogens with zero attached hydrogens (tertiary/aromatic N) is 2. The van der Waals surface area contributed by atoms with Gasteiger partial charge in [0.05, 0.1) is 11.3 Å². The van der Waals surface area contributed by atoms with Crippen molar-refractivity contribution in [2.24, 2.45) is 5.73 Å². The van der Waals surface area contributed by atoms with E-state index in [-0.39, 0.29) is 5.15 Å². The van der Waals surface area contributed by atoms with E-state index in [0.717, 1.165) is 0 Å². The summed E-state index contributed by atoms with van der Waals surface area (Å²) in [6.45, 7) is 0. The highest BCUT2D eigenvalue weighted by molar-refractivity contribution is 6.29. The Morgan fingerprint density at radius 1 is 1.50 bits per heavy atom. The quantitative estimate of drug-likeness (QED) is 0.651. The van der Waals surface area contributed by atoms with Gasteiger partial charge in [-0.3, -0.25) is 4.79 Å². The van der Waals surface area contributed by atoms with Gasteiger partial charge in [0.15, 0.2) is 6.23 Å². The molecule has 1 unspecified atom stereocenters. The number of ether oxygens (including phenoxy) is 1. The third kappa shape index (κ3) is 3.34. The normalized spacial score (nSPS) is 11.5. The molecule has 3 N–H and O–H groups in total. The number of carbonyl (C=O) groups is 1. The molecule has 0 aliphatic heterocycles. The van der Waals surface area contributed by atoms with E-state index in [1.807, 2.05) is 6.07 Å². The van der Waals surface area contributed by atoms with Crippen LogP contribution < -0.4 is 11.1 Å². The van der Waals surface area contributed by atoms with Gasteiger partial charge in [-0.1, -0.05) is 29.8 Å². The van der Waals surface area contributed by atoms with Gasteiger partial charge in [-0.2, -0.15) is 5.26 Å². The van der Waals surface area contributed by atoms with Crippen LogP contribution in [-0.2, 0) is 4.74 Å². The predicted molar refractivity (Wildman–Crippen MR) is 82.3 cm³/mol. The number of rotatable bonds is 5. The summed E-state index contributed by atoms with van der Waals surface area (Å²) in [5.74, 6) is -0.562. The minimum atomic E-state index is -0.672. The number of nitrogens with two attached hydrogens (primary N) is 1. The maximum Gasteiger partial charge on any atom is 0.249 e. The molecule has 0 fully saturated rings. The summed E-state index contributed by atoms with van der Waals surface area (Å²) in [6.07, 6.45) is 0.687. The first-order valence-electron chi connectivity index (χ1n) is 6.30. The molecule has 112 valence electrons. The molecule has 1 aromatic heterocycles. The van der Waals surface area contributed by atoms with Gasteiger partial charge in [-0.25, -0.2) is 4.98 Å². The molecule has 0 aliphatic rings. The zero-order valence-corrected chi connectivity index (χ0v) is 12.5. The summed E-state index contributed by atoms with van der Waals surface area (Å²) in [5.41, 5.74) is 7.03. The lowest BCUT2D eigenvalue weighted by atomic mass is 10.1. The Morgan fingerprint density at radius 3 is 2.86 bits per heavy atom. The van der Waals surface area contributed by atoms with Crippen LogP contribution in [0.4, 0.5) is 5.69 Å². The maximum absolute atomic E-state index is 11.5. The van der Waals surface area contributed by atoms with Crippen LogP contribution in [0.3, 0.4) is 0 Å². The summed E-state index contributed by atoms with van der Waals surface area (Å²) in [5, 5.41) is 12.4. The van der Waals surface area contributed by atoms with Crippen LogP contribution in [0.15, 0.2) is 36.5 Å². The third-order valence-corrected chi connectivity index (χ3v) is 3.23. The second kappa shape index (κ2) is 6.89. The van der Waals surface area contributed by atoms with Crippen molar-refractivity contribution < 1.29 is 9.53 Å². The SMILES string of the molecule is COC(Nc1cc(Cl)ncc1C#N)c1ccccc1C(N)=O. The summed E-state index contributed by atoms with van der Waals surface area (Å²) in [4.78, 5) is 15.4. The lowest BCUT2D eigenvalue weighted by Gasteiger charge is -2.21. The number of nitriles is 1. The topological polar surface area (TPSA) is 101 Å². The number of hydrogen-bond acceptors (Lipinski definition) is 5. The van der Waals surface area contributed by atoms with Gasteiger partial charge in [0.1, 0.15) is 11.2 Å². The second-order valence-electron chi connectivity index (χ2n) is 4.38. The van der Waals surface area contributed by atoms with Crippen LogP contribution in [0.2, 0.25) is 5.15 Å². The van der Waals surface area contributed by atoms with E-state index in [1.54, 1.807) is 24.3 Å². The average molecular weight is 317 g/mol. The van der Waals surface area contributed by atoms with Crippen molar-refractivity contribution >= 4 is 23.2 Å². The highest BCUT2D eigenvalue weighted by atomic mass is 35.5. The number of benzene rings is 1. The van der Waals surface area contributed by atoms with Crippen LogP contribution >= 0.6 is 11.6 Å². The molecule has 2 rings (SSSR count). The average Bonchev–Trinajstić information content (AvgIpc) is 2.52. The zero-order chi connectivity index (χ0) is 16.1. The number of aromatic nitrogens is 1. The molecule has 1 aromatic carbocycles. The van der Waals surface area contributed by atoms with E-state index in [1.165, 1.54) is 19.4 Å². The standard InChI is InChI=1S/C15H13ClN4O2/c1-22-15(11-5-3-2-4-10(11)14(18)21)20-12-6-13(16)19-8-9(12)7-17/h2-6,8,15H,1H3,(H2,18,21)(H,19,20).